The highest BCUT2D eigenvalue weighted by atomic mass is 19.2. The summed E-state index contributed by atoms with van der Waals surface area (Å²) in [5.74, 6) is -3.54. The van der Waals surface area contributed by atoms with Crippen molar-refractivity contribution in [1.82, 2.24) is 14.9 Å². The fourth-order valence-electron chi connectivity index (χ4n) is 3.40. The Hall–Kier alpha value is -3.50. The number of hydrogen-bond donors (Lipinski definition) is 2. The quantitative estimate of drug-likeness (QED) is 0.648. The summed E-state index contributed by atoms with van der Waals surface area (Å²) >= 11 is 0. The summed E-state index contributed by atoms with van der Waals surface area (Å²) in [5.41, 5.74) is 4.61. The van der Waals surface area contributed by atoms with Crippen LogP contribution in [0.4, 0.5) is 25.3 Å². The van der Waals surface area contributed by atoms with Gasteiger partial charge in [0.25, 0.3) is 0 Å². The molecule has 178 valence electrons. The van der Waals surface area contributed by atoms with Crippen LogP contribution in [-0.2, 0) is 4.74 Å². The Kier molecular flexibility index (Phi) is 6.99. The first-order valence-corrected chi connectivity index (χ1v) is 10.4. The summed E-state index contributed by atoms with van der Waals surface area (Å²) in [6, 6.07) is 2.00. The van der Waals surface area contributed by atoms with Crippen LogP contribution < -0.4 is 15.8 Å². The average molecular weight is 463 g/mol. The first kappa shape index (κ1) is 24.1. The molecule has 1 amide bonds. The third kappa shape index (κ3) is 5.65. The molecule has 1 aliphatic rings. The van der Waals surface area contributed by atoms with Gasteiger partial charge in [0.05, 0.1) is 12.7 Å². The molecule has 2 aromatic rings. The van der Waals surface area contributed by atoms with E-state index in [4.69, 9.17) is 15.2 Å². The second-order valence-corrected chi connectivity index (χ2v) is 8.65. The predicted molar refractivity (Wildman–Crippen MR) is 117 cm³/mol. The minimum absolute atomic E-state index is 0.0228. The summed E-state index contributed by atoms with van der Waals surface area (Å²) < 4.78 is 38.3. The van der Waals surface area contributed by atoms with Crippen LogP contribution in [0.15, 0.2) is 18.3 Å². The summed E-state index contributed by atoms with van der Waals surface area (Å²) in [4.78, 5) is 34.8. The van der Waals surface area contributed by atoms with E-state index in [-0.39, 0.29) is 35.2 Å². The maximum Gasteiger partial charge on any atom is 0.410 e. The van der Waals surface area contributed by atoms with Crippen molar-refractivity contribution in [3.8, 4) is 5.75 Å². The lowest BCUT2D eigenvalue weighted by atomic mass is 10.0. The number of methoxy groups -OCH3 is 1. The fraction of sp³-hybridized carbons (Fsp3) is 0.455. The van der Waals surface area contributed by atoms with Gasteiger partial charge < -0.3 is 25.4 Å². The molecule has 0 saturated carbocycles. The molecule has 0 atom stereocenters. The van der Waals surface area contributed by atoms with Crippen molar-refractivity contribution in [2.75, 3.05) is 31.2 Å². The van der Waals surface area contributed by atoms with Gasteiger partial charge in [-0.1, -0.05) is 0 Å². The second kappa shape index (κ2) is 9.55. The van der Waals surface area contributed by atoms with E-state index in [0.29, 0.717) is 25.9 Å². The third-order valence-electron chi connectivity index (χ3n) is 5.05. The van der Waals surface area contributed by atoms with E-state index in [0.717, 1.165) is 18.3 Å². The number of carbonyl (C=O) groups is 2. The average Bonchev–Trinajstić information content (AvgIpc) is 2.74. The lowest BCUT2D eigenvalue weighted by Crippen LogP contribution is -2.44. The molecule has 0 radical (unpaired) electrons. The molecule has 11 heteroatoms. The molecule has 1 aliphatic heterocycles. The Morgan fingerprint density at radius 3 is 2.45 bits per heavy atom. The Morgan fingerprint density at radius 2 is 1.88 bits per heavy atom. The number of likely N-dealkylation sites (tertiary alicyclic amines) is 1. The lowest BCUT2D eigenvalue weighted by molar-refractivity contribution is 0.0210. The van der Waals surface area contributed by atoms with Crippen molar-refractivity contribution in [3.05, 3.63) is 41.1 Å². The van der Waals surface area contributed by atoms with E-state index in [1.165, 1.54) is 7.11 Å². The predicted octanol–water partition coefficient (Wildman–Crippen LogP) is 3.39. The first-order chi connectivity index (χ1) is 15.5. The van der Waals surface area contributed by atoms with Gasteiger partial charge in [0.2, 0.25) is 11.7 Å². The molecule has 1 saturated heterocycles. The van der Waals surface area contributed by atoms with Gasteiger partial charge in [0, 0.05) is 25.3 Å². The van der Waals surface area contributed by atoms with Crippen LogP contribution in [-0.4, -0.2) is 58.6 Å². The number of benzene rings is 1. The number of anilines is 2. The zero-order chi connectivity index (χ0) is 24.3. The fourth-order valence-corrected chi connectivity index (χ4v) is 3.40. The van der Waals surface area contributed by atoms with Gasteiger partial charge in [0.1, 0.15) is 22.7 Å². The molecule has 1 aromatic heterocycles. The molecule has 0 spiro atoms. The molecular formula is C22H27F2N5O4. The standard InChI is InChI=1S/C22H27F2N5O4/c1-22(2,3)33-21(31)29-9-7-12(8-10-29)27-20-26-11-13(19(25)28-20)18(30)16-15(32-4)6-5-14(23)17(16)24/h5-6,11-12H,7-10H2,1-4H3,(H3,25,26,27,28). The van der Waals surface area contributed by atoms with Gasteiger partial charge in [-0.25, -0.2) is 18.6 Å². The normalized spacial score (nSPS) is 14.7. The number of nitrogens with zero attached hydrogens (tertiary/aromatic N) is 3. The minimum atomic E-state index is -1.34. The second-order valence-electron chi connectivity index (χ2n) is 8.65. The summed E-state index contributed by atoms with van der Waals surface area (Å²) in [5, 5.41) is 3.13. The van der Waals surface area contributed by atoms with Crippen molar-refractivity contribution >= 4 is 23.6 Å². The highest BCUT2D eigenvalue weighted by Crippen LogP contribution is 2.28. The number of halogens is 2. The van der Waals surface area contributed by atoms with Crippen LogP contribution in [0.5, 0.6) is 5.75 Å². The zero-order valence-electron chi connectivity index (χ0n) is 18.9. The molecule has 33 heavy (non-hydrogen) atoms. The number of carbonyl (C=O) groups excluding carboxylic acids is 2. The highest BCUT2D eigenvalue weighted by molar-refractivity contribution is 6.13. The largest absolute Gasteiger partial charge is 0.496 e. The van der Waals surface area contributed by atoms with Crippen LogP contribution in [0.3, 0.4) is 0 Å². The molecule has 9 nitrogen and oxygen atoms in total. The van der Waals surface area contributed by atoms with Crippen LogP contribution in [0.1, 0.15) is 49.5 Å². The van der Waals surface area contributed by atoms with Crippen molar-refractivity contribution in [3.63, 3.8) is 0 Å². The maximum absolute atomic E-state index is 14.3. The number of ketones is 1. The summed E-state index contributed by atoms with van der Waals surface area (Å²) in [6.07, 6.45) is 2.07. The van der Waals surface area contributed by atoms with Gasteiger partial charge in [-0.05, 0) is 45.7 Å². The topological polar surface area (TPSA) is 120 Å². The SMILES string of the molecule is COc1ccc(F)c(F)c1C(=O)c1cnc(NC2CCN(C(=O)OC(C)(C)C)CC2)nc1N. The van der Waals surface area contributed by atoms with E-state index in [2.05, 4.69) is 15.3 Å². The van der Waals surface area contributed by atoms with E-state index < -0.39 is 28.6 Å². The number of aromatic nitrogens is 2. The van der Waals surface area contributed by atoms with Gasteiger partial charge in [-0.3, -0.25) is 4.79 Å². The number of amides is 1. The summed E-state index contributed by atoms with van der Waals surface area (Å²) in [7, 11) is 1.24. The number of nitrogens with two attached hydrogens (primary N) is 1. The van der Waals surface area contributed by atoms with Crippen LogP contribution in [0, 0.1) is 11.6 Å². The van der Waals surface area contributed by atoms with E-state index in [1.807, 2.05) is 20.8 Å². The van der Waals surface area contributed by atoms with Crippen LogP contribution >= 0.6 is 0 Å². The van der Waals surface area contributed by atoms with Gasteiger partial charge in [-0.15, -0.1) is 0 Å². The van der Waals surface area contributed by atoms with E-state index >= 15 is 0 Å². The molecule has 1 fully saturated rings. The highest BCUT2D eigenvalue weighted by Gasteiger charge is 2.28. The van der Waals surface area contributed by atoms with E-state index in [9.17, 15) is 18.4 Å². The van der Waals surface area contributed by atoms with Crippen LogP contribution in [0.25, 0.3) is 0 Å². The molecule has 2 heterocycles. The van der Waals surface area contributed by atoms with Crippen molar-refractivity contribution in [2.45, 2.75) is 45.3 Å². The molecule has 3 N–H and O–H groups in total. The summed E-state index contributed by atoms with van der Waals surface area (Å²) in [6.45, 7) is 6.44. The molecule has 1 aromatic carbocycles. The molecule has 0 unspecified atom stereocenters. The zero-order valence-corrected chi connectivity index (χ0v) is 18.9. The molecule has 0 bridgehead atoms. The number of hydrogen-bond acceptors (Lipinski definition) is 8. The maximum atomic E-state index is 14.3. The number of rotatable bonds is 5. The number of nitrogen functional groups attached to an aromatic ring is 1. The number of ether oxygens (including phenoxy) is 2. The Morgan fingerprint density at radius 1 is 1.21 bits per heavy atom. The van der Waals surface area contributed by atoms with Crippen LogP contribution in [0.2, 0.25) is 0 Å². The monoisotopic (exact) mass is 463 g/mol. The Balaban J connectivity index is 1.67. The Bertz CT molecular complexity index is 1050. The molecule has 3 rings (SSSR count). The number of nitrogens with one attached hydrogen (secondary N) is 1. The molecule has 0 aliphatic carbocycles. The van der Waals surface area contributed by atoms with Crippen molar-refractivity contribution in [2.24, 2.45) is 0 Å². The van der Waals surface area contributed by atoms with Gasteiger partial charge in [0.15, 0.2) is 11.6 Å². The Labute approximate surface area is 190 Å². The van der Waals surface area contributed by atoms with Gasteiger partial charge in [-0.2, -0.15) is 4.98 Å². The smallest absolute Gasteiger partial charge is 0.410 e. The van der Waals surface area contributed by atoms with Crippen molar-refractivity contribution < 1.29 is 27.8 Å². The van der Waals surface area contributed by atoms with Crippen molar-refractivity contribution in [1.29, 1.82) is 0 Å². The number of piperidine rings is 1. The lowest BCUT2D eigenvalue weighted by Gasteiger charge is -2.33. The first-order valence-electron chi connectivity index (χ1n) is 10.4. The molecular weight excluding hydrogens is 436 g/mol. The van der Waals surface area contributed by atoms with Gasteiger partial charge >= 0.3 is 6.09 Å². The third-order valence-corrected chi connectivity index (χ3v) is 5.05. The van der Waals surface area contributed by atoms with E-state index in [1.54, 1.807) is 4.90 Å². The minimum Gasteiger partial charge on any atom is -0.496 e.